The Hall–Kier alpha value is -0.980. The molecule has 0 aliphatic carbocycles. The van der Waals surface area contributed by atoms with E-state index in [9.17, 15) is 18.0 Å². The SMILES string of the molecule is CCOCC(C)NC(=O)OCC(F)(F)F. The first-order valence-electron chi connectivity index (χ1n) is 4.43. The van der Waals surface area contributed by atoms with E-state index in [4.69, 9.17) is 4.74 Å². The fourth-order valence-corrected chi connectivity index (χ4v) is 0.727. The van der Waals surface area contributed by atoms with Gasteiger partial charge in [-0.05, 0) is 13.8 Å². The number of rotatable bonds is 5. The maximum absolute atomic E-state index is 11.6. The second kappa shape index (κ2) is 6.49. The zero-order chi connectivity index (χ0) is 11.9. The molecule has 1 unspecified atom stereocenters. The number of carbonyl (C=O) groups is 1. The molecule has 1 amide bonds. The summed E-state index contributed by atoms with van der Waals surface area (Å²) in [7, 11) is 0. The Morgan fingerprint density at radius 1 is 1.47 bits per heavy atom. The molecule has 0 heterocycles. The molecule has 0 aromatic carbocycles. The fraction of sp³-hybridized carbons (Fsp3) is 0.875. The lowest BCUT2D eigenvalue weighted by atomic mass is 10.4. The van der Waals surface area contributed by atoms with Gasteiger partial charge in [-0.2, -0.15) is 13.2 Å². The van der Waals surface area contributed by atoms with Crippen LogP contribution in [0.25, 0.3) is 0 Å². The number of hydrogen-bond donors (Lipinski definition) is 1. The highest BCUT2D eigenvalue weighted by molar-refractivity contribution is 5.67. The van der Waals surface area contributed by atoms with Crippen LogP contribution in [0.4, 0.5) is 18.0 Å². The van der Waals surface area contributed by atoms with E-state index in [1.54, 1.807) is 13.8 Å². The van der Waals surface area contributed by atoms with E-state index in [1.807, 2.05) is 0 Å². The minimum absolute atomic E-state index is 0.234. The summed E-state index contributed by atoms with van der Waals surface area (Å²) in [6.07, 6.45) is -5.60. The van der Waals surface area contributed by atoms with Crippen LogP contribution in [0.2, 0.25) is 0 Å². The van der Waals surface area contributed by atoms with Gasteiger partial charge in [0, 0.05) is 6.61 Å². The summed E-state index contributed by atoms with van der Waals surface area (Å²) in [6.45, 7) is 2.50. The largest absolute Gasteiger partial charge is 0.440 e. The molecular weight excluding hydrogens is 215 g/mol. The molecular formula is C8H14F3NO3. The topological polar surface area (TPSA) is 47.6 Å². The Morgan fingerprint density at radius 2 is 2.07 bits per heavy atom. The number of nitrogens with one attached hydrogen (secondary N) is 1. The lowest BCUT2D eigenvalue weighted by Gasteiger charge is -2.14. The van der Waals surface area contributed by atoms with Gasteiger partial charge < -0.3 is 14.8 Å². The molecule has 0 fully saturated rings. The molecule has 1 atom stereocenters. The van der Waals surface area contributed by atoms with Crippen LogP contribution in [-0.4, -0.2) is 38.1 Å². The molecule has 0 bridgehead atoms. The summed E-state index contributed by atoms with van der Waals surface area (Å²) in [5, 5.41) is 2.20. The monoisotopic (exact) mass is 229 g/mol. The average molecular weight is 229 g/mol. The lowest BCUT2D eigenvalue weighted by Crippen LogP contribution is -2.37. The second-order valence-corrected chi connectivity index (χ2v) is 2.90. The number of alkyl halides is 3. The number of halogens is 3. The van der Waals surface area contributed by atoms with Crippen molar-refractivity contribution in [3.8, 4) is 0 Å². The highest BCUT2D eigenvalue weighted by Gasteiger charge is 2.29. The predicted molar refractivity (Wildman–Crippen MR) is 46.5 cm³/mol. The zero-order valence-corrected chi connectivity index (χ0v) is 8.56. The highest BCUT2D eigenvalue weighted by Crippen LogP contribution is 2.14. The molecule has 4 nitrogen and oxygen atoms in total. The second-order valence-electron chi connectivity index (χ2n) is 2.90. The van der Waals surface area contributed by atoms with Gasteiger partial charge in [-0.3, -0.25) is 0 Å². The van der Waals surface area contributed by atoms with Crippen molar-refractivity contribution in [1.82, 2.24) is 5.32 Å². The van der Waals surface area contributed by atoms with Crippen molar-refractivity contribution in [3.63, 3.8) is 0 Å². The molecule has 7 heteroatoms. The maximum atomic E-state index is 11.6. The van der Waals surface area contributed by atoms with Gasteiger partial charge in [0.2, 0.25) is 0 Å². The van der Waals surface area contributed by atoms with Gasteiger partial charge in [-0.15, -0.1) is 0 Å². The lowest BCUT2D eigenvalue weighted by molar-refractivity contribution is -0.160. The quantitative estimate of drug-likeness (QED) is 0.780. The zero-order valence-electron chi connectivity index (χ0n) is 8.56. The standard InChI is InChI=1S/C8H14F3NO3/c1-3-14-4-6(2)12-7(13)15-5-8(9,10)11/h6H,3-5H2,1-2H3,(H,12,13). The number of hydrogen-bond acceptors (Lipinski definition) is 3. The summed E-state index contributed by atoms with van der Waals surface area (Å²) < 4.78 is 43.8. The number of carbonyl (C=O) groups excluding carboxylic acids is 1. The van der Waals surface area contributed by atoms with E-state index in [2.05, 4.69) is 10.1 Å². The molecule has 0 saturated heterocycles. The van der Waals surface area contributed by atoms with Crippen LogP contribution in [-0.2, 0) is 9.47 Å². The van der Waals surface area contributed by atoms with Gasteiger partial charge in [0.15, 0.2) is 6.61 Å². The van der Waals surface area contributed by atoms with Crippen LogP contribution in [0, 0.1) is 0 Å². The molecule has 0 aromatic heterocycles. The van der Waals surface area contributed by atoms with Crippen LogP contribution in [0.15, 0.2) is 0 Å². The number of ether oxygens (including phenoxy) is 2. The first-order valence-corrected chi connectivity index (χ1v) is 4.43. The summed E-state index contributed by atoms with van der Waals surface area (Å²) in [5.41, 5.74) is 0. The van der Waals surface area contributed by atoms with E-state index in [0.29, 0.717) is 6.61 Å². The normalized spacial score (nSPS) is 13.4. The number of amides is 1. The van der Waals surface area contributed by atoms with E-state index >= 15 is 0 Å². The van der Waals surface area contributed by atoms with Gasteiger partial charge in [0.05, 0.1) is 12.6 Å². The molecule has 0 aromatic rings. The molecule has 15 heavy (non-hydrogen) atoms. The van der Waals surface area contributed by atoms with Crippen LogP contribution in [0.1, 0.15) is 13.8 Å². The number of alkyl carbamates (subject to hydrolysis) is 1. The van der Waals surface area contributed by atoms with Crippen molar-refractivity contribution >= 4 is 6.09 Å². The summed E-state index contributed by atoms with van der Waals surface area (Å²) >= 11 is 0. The smallest absolute Gasteiger partial charge is 0.422 e. The molecule has 0 radical (unpaired) electrons. The fourth-order valence-electron chi connectivity index (χ4n) is 0.727. The minimum Gasteiger partial charge on any atom is -0.440 e. The Morgan fingerprint density at radius 3 is 2.53 bits per heavy atom. The Labute approximate surface area is 85.7 Å². The molecule has 0 aliphatic rings. The van der Waals surface area contributed by atoms with E-state index in [0.717, 1.165) is 0 Å². The van der Waals surface area contributed by atoms with Crippen molar-refractivity contribution in [2.75, 3.05) is 19.8 Å². The average Bonchev–Trinajstić information content (AvgIpc) is 2.10. The molecule has 0 aliphatic heterocycles. The van der Waals surface area contributed by atoms with E-state index < -0.39 is 18.9 Å². The third-order valence-electron chi connectivity index (χ3n) is 1.30. The molecule has 0 rings (SSSR count). The van der Waals surface area contributed by atoms with Crippen molar-refractivity contribution in [2.45, 2.75) is 26.1 Å². The summed E-state index contributed by atoms with van der Waals surface area (Å²) in [4.78, 5) is 10.8. The van der Waals surface area contributed by atoms with Crippen LogP contribution >= 0.6 is 0 Å². The highest BCUT2D eigenvalue weighted by atomic mass is 19.4. The van der Waals surface area contributed by atoms with Gasteiger partial charge in [0.1, 0.15) is 0 Å². The van der Waals surface area contributed by atoms with Crippen LogP contribution in [0.3, 0.4) is 0 Å². The van der Waals surface area contributed by atoms with Gasteiger partial charge >= 0.3 is 12.3 Å². The third-order valence-corrected chi connectivity index (χ3v) is 1.30. The van der Waals surface area contributed by atoms with Crippen molar-refractivity contribution < 1.29 is 27.4 Å². The Balaban J connectivity index is 3.64. The molecule has 1 N–H and O–H groups in total. The van der Waals surface area contributed by atoms with E-state index in [-0.39, 0.29) is 12.6 Å². The first-order chi connectivity index (χ1) is 6.85. The van der Waals surface area contributed by atoms with Gasteiger partial charge in [-0.1, -0.05) is 0 Å². The van der Waals surface area contributed by atoms with Crippen LogP contribution < -0.4 is 5.32 Å². The van der Waals surface area contributed by atoms with Gasteiger partial charge in [-0.25, -0.2) is 4.79 Å². The van der Waals surface area contributed by atoms with Crippen molar-refractivity contribution in [1.29, 1.82) is 0 Å². The van der Waals surface area contributed by atoms with Crippen LogP contribution in [0.5, 0.6) is 0 Å². The Bertz CT molecular complexity index is 196. The molecule has 0 spiro atoms. The third kappa shape index (κ3) is 9.33. The van der Waals surface area contributed by atoms with E-state index in [1.165, 1.54) is 0 Å². The van der Waals surface area contributed by atoms with Crippen molar-refractivity contribution in [3.05, 3.63) is 0 Å². The first kappa shape index (κ1) is 14.0. The Kier molecular flexibility index (Phi) is 6.07. The summed E-state index contributed by atoms with van der Waals surface area (Å²) in [5.74, 6) is 0. The summed E-state index contributed by atoms with van der Waals surface area (Å²) in [6, 6.07) is -0.384. The molecule has 90 valence electrons. The predicted octanol–water partition coefficient (Wildman–Crippen LogP) is 1.70. The van der Waals surface area contributed by atoms with Gasteiger partial charge in [0.25, 0.3) is 0 Å². The minimum atomic E-state index is -4.50. The van der Waals surface area contributed by atoms with Crippen molar-refractivity contribution in [2.24, 2.45) is 0 Å². The maximum Gasteiger partial charge on any atom is 0.422 e. The molecule has 0 saturated carbocycles.